The highest BCUT2D eigenvalue weighted by molar-refractivity contribution is 9.10. The Labute approximate surface area is 182 Å². The van der Waals surface area contributed by atoms with Crippen molar-refractivity contribution in [1.82, 2.24) is 5.43 Å². The molecule has 0 heterocycles. The van der Waals surface area contributed by atoms with Crippen molar-refractivity contribution in [2.24, 2.45) is 5.10 Å². The summed E-state index contributed by atoms with van der Waals surface area (Å²) in [5.74, 6) is 0.425. The molecule has 0 spiro atoms. The van der Waals surface area contributed by atoms with E-state index < -0.39 is 0 Å². The van der Waals surface area contributed by atoms with E-state index in [0.717, 1.165) is 21.3 Å². The average molecular weight is 473 g/mol. The van der Waals surface area contributed by atoms with Gasteiger partial charge in [0.15, 0.2) is 0 Å². The van der Waals surface area contributed by atoms with Crippen LogP contribution in [0.4, 0.5) is 5.69 Å². The van der Waals surface area contributed by atoms with Gasteiger partial charge in [0.05, 0.1) is 12.8 Å². The zero-order valence-corrected chi connectivity index (χ0v) is 17.8. The maximum Gasteiger partial charge on any atom is 0.259 e. The highest BCUT2D eigenvalue weighted by atomic mass is 79.9. The minimum atomic E-state index is -0.260. The Hall–Kier alpha value is -2.83. The highest BCUT2D eigenvalue weighted by Crippen LogP contribution is 2.19. The van der Waals surface area contributed by atoms with Gasteiger partial charge in [-0.2, -0.15) is 5.10 Å². The molecule has 7 heteroatoms. The predicted octanol–water partition coefficient (Wildman–Crippen LogP) is 5.24. The predicted molar refractivity (Wildman–Crippen MR) is 121 cm³/mol. The van der Waals surface area contributed by atoms with E-state index in [1.807, 2.05) is 48.5 Å². The first kappa shape index (κ1) is 20.9. The SMILES string of the molecule is O=C(CNc1ccc(Cl)cc1)NN=Cc1ccccc1OCc1cccc(Br)c1. The number of benzene rings is 3. The molecule has 3 aromatic rings. The van der Waals surface area contributed by atoms with Crippen molar-refractivity contribution < 1.29 is 9.53 Å². The van der Waals surface area contributed by atoms with Crippen molar-refractivity contribution in [3.8, 4) is 5.75 Å². The van der Waals surface area contributed by atoms with Gasteiger partial charge in [-0.05, 0) is 54.1 Å². The van der Waals surface area contributed by atoms with Gasteiger partial charge in [0.25, 0.3) is 5.91 Å². The number of rotatable bonds is 8. The number of anilines is 1. The molecule has 0 radical (unpaired) electrons. The van der Waals surface area contributed by atoms with E-state index in [1.165, 1.54) is 0 Å². The van der Waals surface area contributed by atoms with Crippen molar-refractivity contribution in [1.29, 1.82) is 0 Å². The highest BCUT2D eigenvalue weighted by Gasteiger charge is 2.03. The number of nitrogens with one attached hydrogen (secondary N) is 2. The molecule has 0 atom stereocenters. The van der Waals surface area contributed by atoms with Crippen molar-refractivity contribution in [3.63, 3.8) is 0 Å². The van der Waals surface area contributed by atoms with Crippen molar-refractivity contribution in [3.05, 3.63) is 93.4 Å². The quantitative estimate of drug-likeness (QED) is 0.348. The molecule has 0 saturated heterocycles. The van der Waals surface area contributed by atoms with Crippen LogP contribution >= 0.6 is 27.5 Å². The van der Waals surface area contributed by atoms with E-state index in [0.29, 0.717) is 17.4 Å². The molecule has 1 amide bonds. The molecule has 3 rings (SSSR count). The molecule has 0 aliphatic heterocycles. The van der Waals surface area contributed by atoms with Crippen molar-refractivity contribution >= 4 is 45.3 Å². The molecule has 0 aliphatic rings. The first-order valence-corrected chi connectivity index (χ1v) is 10.0. The summed E-state index contributed by atoms with van der Waals surface area (Å²) in [6.45, 7) is 0.529. The number of para-hydroxylation sites is 1. The average Bonchev–Trinajstić information content (AvgIpc) is 2.73. The Bertz CT molecular complexity index is 993. The van der Waals surface area contributed by atoms with E-state index in [2.05, 4.69) is 31.8 Å². The summed E-state index contributed by atoms with van der Waals surface area (Å²) < 4.78 is 6.91. The number of amides is 1. The fourth-order valence-corrected chi connectivity index (χ4v) is 3.04. The number of nitrogens with zero attached hydrogens (tertiary/aromatic N) is 1. The van der Waals surface area contributed by atoms with Crippen LogP contribution in [-0.2, 0) is 11.4 Å². The van der Waals surface area contributed by atoms with Gasteiger partial charge >= 0.3 is 0 Å². The molecule has 0 fully saturated rings. The summed E-state index contributed by atoms with van der Waals surface area (Å²) in [6, 6.07) is 22.6. The van der Waals surface area contributed by atoms with Gasteiger partial charge in [-0.15, -0.1) is 0 Å². The zero-order chi connectivity index (χ0) is 20.5. The molecule has 2 N–H and O–H groups in total. The number of carbonyl (C=O) groups is 1. The zero-order valence-electron chi connectivity index (χ0n) is 15.4. The van der Waals surface area contributed by atoms with Crippen LogP contribution in [0.25, 0.3) is 0 Å². The van der Waals surface area contributed by atoms with E-state index in [1.54, 1.807) is 30.5 Å². The van der Waals surface area contributed by atoms with E-state index in [9.17, 15) is 4.79 Å². The normalized spacial score (nSPS) is 10.7. The second-order valence-corrected chi connectivity index (χ2v) is 7.46. The Morgan fingerprint density at radius 3 is 2.66 bits per heavy atom. The molecule has 0 saturated carbocycles. The first-order valence-electron chi connectivity index (χ1n) is 8.88. The van der Waals surface area contributed by atoms with Crippen molar-refractivity contribution in [2.75, 3.05) is 11.9 Å². The summed E-state index contributed by atoms with van der Waals surface area (Å²) in [7, 11) is 0. The maximum absolute atomic E-state index is 12.0. The van der Waals surface area contributed by atoms with Gasteiger partial charge in [0.1, 0.15) is 12.4 Å². The topological polar surface area (TPSA) is 62.7 Å². The Kier molecular flexibility index (Phi) is 7.67. The molecule has 0 aromatic heterocycles. The molecule has 0 bridgehead atoms. The fraction of sp³-hybridized carbons (Fsp3) is 0.0909. The molecule has 148 valence electrons. The molecule has 0 unspecified atom stereocenters. The summed E-state index contributed by atoms with van der Waals surface area (Å²) in [4.78, 5) is 12.0. The number of carbonyl (C=O) groups excluding carboxylic acids is 1. The van der Waals surface area contributed by atoms with Crippen LogP contribution in [0.5, 0.6) is 5.75 Å². The monoisotopic (exact) mass is 471 g/mol. The van der Waals surface area contributed by atoms with E-state index in [4.69, 9.17) is 16.3 Å². The number of hydrazone groups is 1. The summed E-state index contributed by atoms with van der Waals surface area (Å²) in [5.41, 5.74) is 5.13. The Balaban J connectivity index is 1.52. The van der Waals surface area contributed by atoms with Gasteiger partial charge < -0.3 is 10.1 Å². The number of hydrogen-bond acceptors (Lipinski definition) is 4. The molecular weight excluding hydrogens is 454 g/mol. The lowest BCUT2D eigenvalue weighted by molar-refractivity contribution is -0.119. The Morgan fingerprint density at radius 2 is 1.86 bits per heavy atom. The fourth-order valence-electron chi connectivity index (χ4n) is 2.47. The lowest BCUT2D eigenvalue weighted by Gasteiger charge is -2.09. The van der Waals surface area contributed by atoms with Crippen molar-refractivity contribution in [2.45, 2.75) is 6.61 Å². The number of ether oxygens (including phenoxy) is 1. The first-order chi connectivity index (χ1) is 14.1. The largest absolute Gasteiger partial charge is 0.488 e. The van der Waals surface area contributed by atoms with Gasteiger partial charge in [0, 0.05) is 20.7 Å². The summed E-state index contributed by atoms with van der Waals surface area (Å²) >= 11 is 9.29. The van der Waals surface area contributed by atoms with Crippen LogP contribution in [0, 0.1) is 0 Å². The maximum atomic E-state index is 12.0. The van der Waals surface area contributed by atoms with Gasteiger partial charge in [-0.3, -0.25) is 4.79 Å². The molecular formula is C22H19BrClN3O2. The minimum Gasteiger partial charge on any atom is -0.488 e. The number of hydrogen-bond donors (Lipinski definition) is 2. The van der Waals surface area contributed by atoms with Gasteiger partial charge in [-0.1, -0.05) is 51.8 Å². The van der Waals surface area contributed by atoms with E-state index >= 15 is 0 Å². The molecule has 5 nitrogen and oxygen atoms in total. The standard InChI is InChI=1S/C22H19BrClN3O2/c23-18-6-3-4-16(12-18)15-29-21-7-2-1-5-17(21)13-26-27-22(28)14-25-20-10-8-19(24)9-11-20/h1-13,25H,14-15H2,(H,27,28). The molecule has 3 aromatic carbocycles. The second kappa shape index (κ2) is 10.6. The lowest BCUT2D eigenvalue weighted by Crippen LogP contribution is -2.25. The van der Waals surface area contributed by atoms with Crippen LogP contribution in [0.3, 0.4) is 0 Å². The van der Waals surface area contributed by atoms with Crippen LogP contribution in [0.1, 0.15) is 11.1 Å². The second-order valence-electron chi connectivity index (χ2n) is 6.11. The number of halogens is 2. The Morgan fingerprint density at radius 1 is 1.07 bits per heavy atom. The summed E-state index contributed by atoms with van der Waals surface area (Å²) in [5, 5.41) is 7.67. The van der Waals surface area contributed by atoms with Crippen LogP contribution < -0.4 is 15.5 Å². The van der Waals surface area contributed by atoms with Crippen LogP contribution in [0.2, 0.25) is 5.02 Å². The van der Waals surface area contributed by atoms with Crippen LogP contribution in [-0.4, -0.2) is 18.7 Å². The van der Waals surface area contributed by atoms with Crippen LogP contribution in [0.15, 0.2) is 82.4 Å². The van der Waals surface area contributed by atoms with Gasteiger partial charge in [0.2, 0.25) is 0 Å². The van der Waals surface area contributed by atoms with E-state index in [-0.39, 0.29) is 12.5 Å². The third kappa shape index (κ3) is 6.93. The lowest BCUT2D eigenvalue weighted by atomic mass is 10.2. The summed E-state index contributed by atoms with van der Waals surface area (Å²) in [6.07, 6.45) is 1.57. The minimum absolute atomic E-state index is 0.0972. The smallest absolute Gasteiger partial charge is 0.259 e. The third-order valence-corrected chi connectivity index (χ3v) is 4.64. The van der Waals surface area contributed by atoms with Gasteiger partial charge in [-0.25, -0.2) is 5.43 Å². The molecule has 0 aliphatic carbocycles. The third-order valence-electron chi connectivity index (χ3n) is 3.89. The molecule has 29 heavy (non-hydrogen) atoms.